The average molecular weight is 277 g/mol. The topological polar surface area (TPSA) is 51.4 Å². The Balaban J connectivity index is 1.65. The van der Waals surface area contributed by atoms with Crippen molar-refractivity contribution in [2.24, 2.45) is 0 Å². The summed E-state index contributed by atoms with van der Waals surface area (Å²) in [6.45, 7) is 6.78. The van der Waals surface area contributed by atoms with Crippen molar-refractivity contribution in [2.75, 3.05) is 19.6 Å². The van der Waals surface area contributed by atoms with Gasteiger partial charge in [-0.15, -0.1) is 10.2 Å². The summed E-state index contributed by atoms with van der Waals surface area (Å²) in [5, 5.41) is 8.00. The lowest BCUT2D eigenvalue weighted by molar-refractivity contribution is -0.0872. The Morgan fingerprint density at radius 2 is 2.20 bits per heavy atom. The van der Waals surface area contributed by atoms with Crippen LogP contribution in [0.1, 0.15) is 50.5 Å². The van der Waals surface area contributed by atoms with Gasteiger partial charge in [-0.25, -0.2) is 0 Å². The summed E-state index contributed by atoms with van der Waals surface area (Å²) in [7, 11) is 0. The van der Waals surface area contributed by atoms with Crippen molar-refractivity contribution in [3.63, 3.8) is 0 Å². The maximum absolute atomic E-state index is 5.95. The third-order valence-corrected chi connectivity index (χ3v) is 3.96. The van der Waals surface area contributed by atoms with E-state index in [0.29, 0.717) is 11.8 Å². The van der Waals surface area contributed by atoms with Crippen LogP contribution < -0.4 is 0 Å². The third kappa shape index (κ3) is 3.27. The van der Waals surface area contributed by atoms with Gasteiger partial charge in [0.25, 0.3) is 0 Å². The maximum Gasteiger partial charge on any atom is 0.246 e. The van der Waals surface area contributed by atoms with E-state index in [2.05, 4.69) is 28.1 Å². The fourth-order valence-corrected chi connectivity index (χ4v) is 3.08. The van der Waals surface area contributed by atoms with E-state index in [0.717, 1.165) is 19.6 Å². The second kappa shape index (κ2) is 6.06. The van der Waals surface area contributed by atoms with Crippen LogP contribution in [-0.4, -0.2) is 40.8 Å². The molecule has 1 aliphatic heterocycles. The molecule has 0 spiro atoms. The normalized spacial score (nSPS) is 28.4. The van der Waals surface area contributed by atoms with Crippen LogP contribution in [0.4, 0.5) is 0 Å². The molecular formula is C15H23N3O2. The Morgan fingerprint density at radius 3 is 2.90 bits per heavy atom. The predicted molar refractivity (Wildman–Crippen MR) is 75.3 cm³/mol. The summed E-state index contributed by atoms with van der Waals surface area (Å²) < 4.78 is 11.5. The molecule has 0 unspecified atom stereocenters. The van der Waals surface area contributed by atoms with Crippen LogP contribution in [0.2, 0.25) is 0 Å². The monoisotopic (exact) mass is 277 g/mol. The number of rotatable bonds is 3. The van der Waals surface area contributed by atoms with Crippen molar-refractivity contribution in [1.82, 2.24) is 15.1 Å². The Morgan fingerprint density at radius 1 is 1.30 bits per heavy atom. The molecule has 0 aromatic carbocycles. The lowest BCUT2D eigenvalue weighted by Crippen LogP contribution is -2.43. The van der Waals surface area contributed by atoms with Gasteiger partial charge in [-0.05, 0) is 32.6 Å². The van der Waals surface area contributed by atoms with E-state index >= 15 is 0 Å². The molecule has 0 N–H and O–H groups in total. The van der Waals surface area contributed by atoms with Gasteiger partial charge >= 0.3 is 0 Å². The van der Waals surface area contributed by atoms with E-state index < -0.39 is 0 Å². The number of hydrogen-bond acceptors (Lipinski definition) is 5. The molecule has 1 aliphatic carbocycles. The third-order valence-electron chi connectivity index (χ3n) is 3.96. The number of morpholine rings is 1. The minimum absolute atomic E-state index is 0.0934. The first-order valence-corrected chi connectivity index (χ1v) is 7.56. The van der Waals surface area contributed by atoms with Crippen LogP contribution in [0, 0.1) is 6.92 Å². The van der Waals surface area contributed by atoms with Gasteiger partial charge in [-0.3, -0.25) is 4.90 Å². The standard InChI is InChI=1S/C15H23N3O2/c1-11-8-18(9-13-6-4-3-5-7-13)10-14(19-11)15-17-16-12(2)20-15/h6,11,14H,3-5,7-10H2,1-2H3/t11-,14-/m1/s1. The van der Waals surface area contributed by atoms with Crippen LogP contribution in [-0.2, 0) is 4.74 Å². The molecule has 2 atom stereocenters. The lowest BCUT2D eigenvalue weighted by Gasteiger charge is -2.36. The van der Waals surface area contributed by atoms with Crippen LogP contribution in [0.3, 0.4) is 0 Å². The molecule has 2 aliphatic rings. The van der Waals surface area contributed by atoms with E-state index in [1.807, 2.05) is 6.92 Å². The zero-order valence-corrected chi connectivity index (χ0v) is 12.3. The Hall–Kier alpha value is -1.20. The quantitative estimate of drug-likeness (QED) is 0.795. The highest BCUT2D eigenvalue weighted by atomic mass is 16.5. The molecule has 0 amide bonds. The molecule has 1 fully saturated rings. The summed E-state index contributed by atoms with van der Waals surface area (Å²) in [6.07, 6.45) is 7.67. The minimum Gasteiger partial charge on any atom is -0.423 e. The van der Waals surface area contributed by atoms with Gasteiger partial charge in [0.15, 0.2) is 0 Å². The summed E-state index contributed by atoms with van der Waals surface area (Å²) >= 11 is 0. The summed E-state index contributed by atoms with van der Waals surface area (Å²) in [4.78, 5) is 2.45. The number of aromatic nitrogens is 2. The summed E-state index contributed by atoms with van der Waals surface area (Å²) in [6, 6.07) is 0. The van der Waals surface area contributed by atoms with Gasteiger partial charge < -0.3 is 9.15 Å². The molecule has 3 rings (SSSR count). The minimum atomic E-state index is -0.0934. The van der Waals surface area contributed by atoms with Crippen molar-refractivity contribution < 1.29 is 9.15 Å². The van der Waals surface area contributed by atoms with Crippen molar-refractivity contribution >= 4 is 0 Å². The molecular weight excluding hydrogens is 254 g/mol. The first-order chi connectivity index (χ1) is 9.70. The summed E-state index contributed by atoms with van der Waals surface area (Å²) in [5.74, 6) is 1.21. The number of hydrogen-bond donors (Lipinski definition) is 0. The van der Waals surface area contributed by atoms with Crippen molar-refractivity contribution in [1.29, 1.82) is 0 Å². The number of allylic oxidation sites excluding steroid dienone is 1. The highest BCUT2D eigenvalue weighted by Gasteiger charge is 2.30. The highest BCUT2D eigenvalue weighted by molar-refractivity contribution is 5.08. The molecule has 20 heavy (non-hydrogen) atoms. The van der Waals surface area contributed by atoms with Crippen molar-refractivity contribution in [2.45, 2.75) is 51.7 Å². The maximum atomic E-state index is 5.95. The molecule has 5 heteroatoms. The number of ether oxygens (including phenoxy) is 1. The van der Waals surface area contributed by atoms with Crippen molar-refractivity contribution in [3.05, 3.63) is 23.4 Å². The Labute approximate surface area is 120 Å². The molecule has 2 heterocycles. The van der Waals surface area contributed by atoms with Crippen LogP contribution in [0.25, 0.3) is 0 Å². The zero-order valence-electron chi connectivity index (χ0n) is 12.3. The van der Waals surface area contributed by atoms with Crippen LogP contribution >= 0.6 is 0 Å². The molecule has 1 aromatic heterocycles. The van der Waals surface area contributed by atoms with Gasteiger partial charge in [-0.2, -0.15) is 0 Å². The predicted octanol–water partition coefficient (Wildman–Crippen LogP) is 2.64. The number of nitrogens with zero attached hydrogens (tertiary/aromatic N) is 3. The first-order valence-electron chi connectivity index (χ1n) is 7.56. The van der Waals surface area contributed by atoms with E-state index in [1.165, 1.54) is 25.7 Å². The zero-order chi connectivity index (χ0) is 13.9. The molecule has 110 valence electrons. The van der Waals surface area contributed by atoms with Gasteiger partial charge in [-0.1, -0.05) is 11.6 Å². The van der Waals surface area contributed by atoms with E-state index in [9.17, 15) is 0 Å². The van der Waals surface area contributed by atoms with Crippen molar-refractivity contribution in [3.8, 4) is 0 Å². The van der Waals surface area contributed by atoms with Gasteiger partial charge in [0.1, 0.15) is 6.10 Å². The molecule has 1 saturated heterocycles. The van der Waals surface area contributed by atoms with Gasteiger partial charge in [0.05, 0.1) is 6.10 Å². The molecule has 0 saturated carbocycles. The van der Waals surface area contributed by atoms with E-state index in [-0.39, 0.29) is 12.2 Å². The second-order valence-electron chi connectivity index (χ2n) is 5.90. The van der Waals surface area contributed by atoms with Gasteiger partial charge in [0, 0.05) is 26.6 Å². The molecule has 0 bridgehead atoms. The second-order valence-corrected chi connectivity index (χ2v) is 5.90. The van der Waals surface area contributed by atoms with E-state index in [4.69, 9.17) is 9.15 Å². The van der Waals surface area contributed by atoms with E-state index in [1.54, 1.807) is 5.57 Å². The molecule has 5 nitrogen and oxygen atoms in total. The fourth-order valence-electron chi connectivity index (χ4n) is 3.08. The average Bonchev–Trinajstić information content (AvgIpc) is 2.86. The van der Waals surface area contributed by atoms with Gasteiger partial charge in [0.2, 0.25) is 11.8 Å². The highest BCUT2D eigenvalue weighted by Crippen LogP contribution is 2.26. The first kappa shape index (κ1) is 13.8. The SMILES string of the molecule is Cc1nnc([C@H]2CN(CC3=CCCCC3)C[C@@H](C)O2)o1. The Bertz CT molecular complexity index is 483. The summed E-state index contributed by atoms with van der Waals surface area (Å²) in [5.41, 5.74) is 1.57. The lowest BCUT2D eigenvalue weighted by atomic mass is 9.99. The largest absolute Gasteiger partial charge is 0.423 e. The molecule has 0 radical (unpaired) electrons. The fraction of sp³-hybridized carbons (Fsp3) is 0.733. The van der Waals surface area contributed by atoms with Crippen LogP contribution in [0.15, 0.2) is 16.1 Å². The molecule has 1 aromatic rings. The Kier molecular flexibility index (Phi) is 4.17. The number of aryl methyl sites for hydroxylation is 1. The smallest absolute Gasteiger partial charge is 0.246 e. The van der Waals surface area contributed by atoms with Crippen LogP contribution in [0.5, 0.6) is 0 Å².